The number of rotatable bonds is 11. The van der Waals surface area contributed by atoms with Crippen LogP contribution in [0.2, 0.25) is 0 Å². The van der Waals surface area contributed by atoms with Crippen molar-refractivity contribution in [1.82, 2.24) is 16.0 Å². The molecule has 6 N–H and O–H groups in total. The van der Waals surface area contributed by atoms with Crippen LogP contribution in [0, 0.1) is 5.92 Å². The smallest absolute Gasteiger partial charge is 0.322 e. The normalized spacial score (nSPS) is 13.7. The number of nitrogens with one attached hydrogen (secondary N) is 3. The lowest BCUT2D eigenvalue weighted by Crippen LogP contribution is -2.58. The van der Waals surface area contributed by atoms with Gasteiger partial charge in [0, 0.05) is 12.2 Å². The Balaban J connectivity index is 2.23. The van der Waals surface area contributed by atoms with Gasteiger partial charge in [-0.3, -0.25) is 19.2 Å². The van der Waals surface area contributed by atoms with Crippen molar-refractivity contribution in [2.24, 2.45) is 11.7 Å². The highest BCUT2D eigenvalue weighted by atomic mass is 32.1. The molecule has 0 fully saturated rings. The molecule has 0 radical (unpaired) electrons. The molecule has 0 heterocycles. The maximum atomic E-state index is 13.0. The van der Waals surface area contributed by atoms with Crippen LogP contribution in [0.4, 0.5) is 0 Å². The first-order chi connectivity index (χ1) is 15.6. The fourth-order valence-electron chi connectivity index (χ4n) is 3.24. The van der Waals surface area contributed by atoms with Gasteiger partial charge in [-0.05, 0) is 22.3 Å². The third-order valence-electron chi connectivity index (χ3n) is 5.08. The average Bonchev–Trinajstić information content (AvgIpc) is 2.79. The number of carboxylic acids is 1. The molecule has 2 aromatic carbocycles. The van der Waals surface area contributed by atoms with Gasteiger partial charge in [0.15, 0.2) is 0 Å². The van der Waals surface area contributed by atoms with Crippen LogP contribution < -0.4 is 21.7 Å². The van der Waals surface area contributed by atoms with Gasteiger partial charge in [0.05, 0.1) is 6.04 Å². The summed E-state index contributed by atoms with van der Waals surface area (Å²) in [5, 5.41) is 18.5. The van der Waals surface area contributed by atoms with Crippen molar-refractivity contribution in [3.63, 3.8) is 0 Å². The van der Waals surface area contributed by atoms with E-state index >= 15 is 0 Å². The summed E-state index contributed by atoms with van der Waals surface area (Å²) < 4.78 is 0. The first-order valence-corrected chi connectivity index (χ1v) is 11.2. The van der Waals surface area contributed by atoms with E-state index < -0.39 is 48.4 Å². The number of nitrogens with two attached hydrogens (primary N) is 1. The van der Waals surface area contributed by atoms with Crippen molar-refractivity contribution in [1.29, 1.82) is 0 Å². The Kier molecular flexibility index (Phi) is 9.68. The van der Waals surface area contributed by atoms with E-state index in [0.717, 1.165) is 16.3 Å². The Labute approximate surface area is 197 Å². The summed E-state index contributed by atoms with van der Waals surface area (Å²) >= 11 is 4.00. The fraction of sp³-hybridized carbons (Fsp3) is 0.391. The lowest BCUT2D eigenvalue weighted by atomic mass is 9.99. The lowest BCUT2D eigenvalue weighted by molar-refractivity contribution is -0.138. The maximum Gasteiger partial charge on any atom is 0.322 e. The molecule has 3 atom stereocenters. The molecule has 2 aromatic rings. The number of fused-ring (bicyclic) bond motifs is 1. The highest BCUT2D eigenvalue weighted by Gasteiger charge is 2.30. The van der Waals surface area contributed by atoms with Crippen LogP contribution in [-0.4, -0.2) is 59.2 Å². The molecule has 0 spiro atoms. The van der Waals surface area contributed by atoms with Crippen molar-refractivity contribution in [3.8, 4) is 0 Å². The van der Waals surface area contributed by atoms with E-state index in [4.69, 9.17) is 10.8 Å². The van der Waals surface area contributed by atoms with Crippen LogP contribution in [0.25, 0.3) is 10.8 Å². The standard InChI is InChI=1S/C23H30N4O5S/c1-13(2)20(27-21(30)17(24)12-33)23(32)26-18(22(31)25-11-19(28)29)10-14-7-8-15-5-3-4-6-16(15)9-14/h3-9,13,17-18,20,33H,10-12,24H2,1-2H3,(H,25,31)(H,26,32)(H,27,30)(H,28,29)/t17?,18?,20-/m0/s1. The Morgan fingerprint density at radius 1 is 0.970 bits per heavy atom. The number of carboxylic acid groups (broad SMARTS) is 1. The summed E-state index contributed by atoms with van der Waals surface area (Å²) in [7, 11) is 0. The second kappa shape index (κ2) is 12.2. The quantitative estimate of drug-likeness (QED) is 0.261. The third-order valence-corrected chi connectivity index (χ3v) is 5.47. The summed E-state index contributed by atoms with van der Waals surface area (Å²) in [6.45, 7) is 2.92. The summed E-state index contributed by atoms with van der Waals surface area (Å²) in [6, 6.07) is 10.5. The topological polar surface area (TPSA) is 151 Å². The molecule has 0 aliphatic heterocycles. The van der Waals surface area contributed by atoms with E-state index in [1.807, 2.05) is 42.5 Å². The van der Waals surface area contributed by atoms with Crippen LogP contribution in [0.15, 0.2) is 42.5 Å². The van der Waals surface area contributed by atoms with Crippen LogP contribution >= 0.6 is 12.6 Å². The molecule has 2 unspecified atom stereocenters. The summed E-state index contributed by atoms with van der Waals surface area (Å²) in [5.41, 5.74) is 6.47. The van der Waals surface area contributed by atoms with E-state index in [2.05, 4.69) is 28.6 Å². The van der Waals surface area contributed by atoms with Gasteiger partial charge in [0.2, 0.25) is 17.7 Å². The van der Waals surface area contributed by atoms with Crippen LogP contribution in [-0.2, 0) is 25.6 Å². The van der Waals surface area contributed by atoms with E-state index in [9.17, 15) is 19.2 Å². The molecular weight excluding hydrogens is 444 g/mol. The summed E-state index contributed by atoms with van der Waals surface area (Å²) in [6.07, 6.45) is 0.136. The molecule has 33 heavy (non-hydrogen) atoms. The lowest BCUT2D eigenvalue weighted by Gasteiger charge is -2.26. The Morgan fingerprint density at radius 3 is 2.24 bits per heavy atom. The molecule has 0 saturated carbocycles. The van der Waals surface area contributed by atoms with Crippen molar-refractivity contribution >= 4 is 47.1 Å². The zero-order chi connectivity index (χ0) is 24.5. The number of aliphatic carboxylic acids is 1. The molecular formula is C23H30N4O5S. The van der Waals surface area contributed by atoms with Gasteiger partial charge in [-0.25, -0.2) is 0 Å². The number of amides is 3. The second-order valence-electron chi connectivity index (χ2n) is 8.08. The Bertz CT molecular complexity index is 1010. The molecule has 2 rings (SSSR count). The van der Waals surface area contributed by atoms with Gasteiger partial charge in [-0.1, -0.05) is 56.3 Å². The summed E-state index contributed by atoms with van der Waals surface area (Å²) in [4.78, 5) is 48.8. The first kappa shape index (κ1) is 26.1. The van der Waals surface area contributed by atoms with Crippen molar-refractivity contribution in [2.75, 3.05) is 12.3 Å². The number of hydrogen-bond donors (Lipinski definition) is 6. The van der Waals surface area contributed by atoms with Gasteiger partial charge in [0.1, 0.15) is 18.6 Å². The van der Waals surface area contributed by atoms with Crippen LogP contribution in [0.3, 0.4) is 0 Å². The number of thiol groups is 1. The van der Waals surface area contributed by atoms with Crippen molar-refractivity contribution in [2.45, 2.75) is 38.4 Å². The van der Waals surface area contributed by atoms with E-state index in [0.29, 0.717) is 0 Å². The number of carbonyl (C=O) groups excluding carboxylic acids is 3. The van der Waals surface area contributed by atoms with Crippen molar-refractivity contribution in [3.05, 3.63) is 48.0 Å². The Morgan fingerprint density at radius 2 is 1.64 bits per heavy atom. The van der Waals surface area contributed by atoms with Gasteiger partial charge in [-0.2, -0.15) is 12.6 Å². The summed E-state index contributed by atoms with van der Waals surface area (Å²) in [5.74, 6) is -3.11. The predicted molar refractivity (Wildman–Crippen MR) is 129 cm³/mol. The molecule has 0 aliphatic rings. The van der Waals surface area contributed by atoms with E-state index in [1.165, 1.54) is 0 Å². The molecule has 10 heteroatoms. The largest absolute Gasteiger partial charge is 0.480 e. The molecule has 0 aliphatic carbocycles. The number of hydrogen-bond acceptors (Lipinski definition) is 6. The van der Waals surface area contributed by atoms with E-state index in [1.54, 1.807) is 13.8 Å². The minimum Gasteiger partial charge on any atom is -0.480 e. The van der Waals surface area contributed by atoms with Gasteiger partial charge in [-0.15, -0.1) is 0 Å². The average molecular weight is 475 g/mol. The molecule has 3 amide bonds. The minimum absolute atomic E-state index is 0.112. The van der Waals surface area contributed by atoms with E-state index in [-0.39, 0.29) is 18.1 Å². The van der Waals surface area contributed by atoms with Crippen LogP contribution in [0.5, 0.6) is 0 Å². The highest BCUT2D eigenvalue weighted by molar-refractivity contribution is 7.80. The zero-order valence-corrected chi connectivity index (χ0v) is 19.5. The second-order valence-corrected chi connectivity index (χ2v) is 8.44. The van der Waals surface area contributed by atoms with Crippen molar-refractivity contribution < 1.29 is 24.3 Å². The third kappa shape index (κ3) is 7.76. The van der Waals surface area contributed by atoms with Crippen LogP contribution in [0.1, 0.15) is 19.4 Å². The van der Waals surface area contributed by atoms with Gasteiger partial charge >= 0.3 is 5.97 Å². The van der Waals surface area contributed by atoms with Gasteiger partial charge in [0.25, 0.3) is 0 Å². The number of benzene rings is 2. The molecule has 0 bridgehead atoms. The predicted octanol–water partition coefficient (Wildman–Crippen LogP) is 0.466. The molecule has 0 aromatic heterocycles. The number of carbonyl (C=O) groups is 4. The zero-order valence-electron chi connectivity index (χ0n) is 18.6. The SMILES string of the molecule is CC(C)[C@H](NC(=O)C(N)CS)C(=O)NC(Cc1ccc2ccccc2c1)C(=O)NCC(=O)O. The molecule has 178 valence electrons. The molecule has 9 nitrogen and oxygen atoms in total. The van der Waals surface area contributed by atoms with Gasteiger partial charge < -0.3 is 26.8 Å². The maximum absolute atomic E-state index is 13.0. The monoisotopic (exact) mass is 474 g/mol. The Hall–Kier alpha value is -3.11. The first-order valence-electron chi connectivity index (χ1n) is 10.6. The molecule has 0 saturated heterocycles. The highest BCUT2D eigenvalue weighted by Crippen LogP contribution is 2.17. The fourth-order valence-corrected chi connectivity index (χ4v) is 3.40. The minimum atomic E-state index is -1.20.